The van der Waals surface area contributed by atoms with Crippen LogP contribution in [0.25, 0.3) is 0 Å². The van der Waals surface area contributed by atoms with E-state index in [2.05, 4.69) is 0 Å². The second kappa shape index (κ2) is 6.70. The average molecular weight is 341 g/mol. The molecule has 0 aliphatic rings. The van der Waals surface area contributed by atoms with E-state index in [0.717, 1.165) is 18.2 Å². The summed E-state index contributed by atoms with van der Waals surface area (Å²) in [6.07, 6.45) is 0. The van der Waals surface area contributed by atoms with Crippen molar-refractivity contribution in [3.8, 4) is 0 Å². The molecule has 0 fully saturated rings. The Hall–Kier alpha value is -2.54. The predicted octanol–water partition coefficient (Wildman–Crippen LogP) is 4.19. The molecule has 0 aromatic heterocycles. The molecule has 2 aromatic rings. The van der Waals surface area contributed by atoms with Gasteiger partial charge in [-0.25, -0.2) is 8.78 Å². The SMILES string of the molecule is CCN(C(=O)c1ccc(Cl)c([N+](=O)[O-])c1)c1ccc(F)c(F)c1. The number of anilines is 1. The maximum Gasteiger partial charge on any atom is 0.288 e. The van der Waals surface area contributed by atoms with Crippen LogP contribution in [0.5, 0.6) is 0 Å². The molecule has 5 nitrogen and oxygen atoms in total. The zero-order chi connectivity index (χ0) is 17.1. The Kier molecular flexibility index (Phi) is 4.90. The third kappa shape index (κ3) is 3.45. The number of rotatable bonds is 4. The van der Waals surface area contributed by atoms with E-state index in [1.807, 2.05) is 0 Å². The lowest BCUT2D eigenvalue weighted by Gasteiger charge is -2.21. The number of carbonyl (C=O) groups excluding carboxylic acids is 1. The summed E-state index contributed by atoms with van der Waals surface area (Å²) in [7, 11) is 0. The van der Waals surface area contributed by atoms with Gasteiger partial charge in [-0.1, -0.05) is 11.6 Å². The van der Waals surface area contributed by atoms with E-state index in [0.29, 0.717) is 0 Å². The fraction of sp³-hybridized carbons (Fsp3) is 0.133. The molecule has 2 aromatic carbocycles. The number of hydrogen-bond donors (Lipinski definition) is 0. The number of carbonyl (C=O) groups is 1. The number of amides is 1. The molecule has 0 aliphatic heterocycles. The fourth-order valence-corrected chi connectivity index (χ4v) is 2.22. The van der Waals surface area contributed by atoms with Gasteiger partial charge in [0.1, 0.15) is 5.02 Å². The summed E-state index contributed by atoms with van der Waals surface area (Å²) in [4.78, 5) is 23.9. The first-order valence-corrected chi connectivity index (χ1v) is 6.93. The van der Waals surface area contributed by atoms with Gasteiger partial charge in [0, 0.05) is 29.9 Å². The third-order valence-electron chi connectivity index (χ3n) is 3.17. The lowest BCUT2D eigenvalue weighted by Crippen LogP contribution is -2.30. The van der Waals surface area contributed by atoms with E-state index in [1.165, 1.54) is 23.1 Å². The minimum absolute atomic E-state index is 0.0210. The number of nitrogens with zero attached hydrogens (tertiary/aromatic N) is 2. The van der Waals surface area contributed by atoms with Gasteiger partial charge in [0.05, 0.1) is 4.92 Å². The Morgan fingerprint density at radius 1 is 1.22 bits per heavy atom. The van der Waals surface area contributed by atoms with Crippen LogP contribution >= 0.6 is 11.6 Å². The minimum atomic E-state index is -1.09. The molecule has 0 aliphatic carbocycles. The summed E-state index contributed by atoms with van der Waals surface area (Å²) in [5, 5.41) is 10.8. The monoisotopic (exact) mass is 340 g/mol. The zero-order valence-corrected chi connectivity index (χ0v) is 12.7. The molecule has 0 unspecified atom stereocenters. The number of nitro benzene ring substituents is 1. The van der Waals surface area contributed by atoms with Crippen molar-refractivity contribution in [2.45, 2.75) is 6.92 Å². The van der Waals surface area contributed by atoms with E-state index in [-0.39, 0.29) is 22.8 Å². The maximum absolute atomic E-state index is 13.3. The second-order valence-electron chi connectivity index (χ2n) is 4.57. The molecule has 0 N–H and O–H groups in total. The summed E-state index contributed by atoms with van der Waals surface area (Å²) in [6, 6.07) is 6.68. The van der Waals surface area contributed by atoms with Crippen LogP contribution in [0.4, 0.5) is 20.2 Å². The topological polar surface area (TPSA) is 63.5 Å². The molecule has 8 heteroatoms. The molecule has 120 valence electrons. The van der Waals surface area contributed by atoms with Crippen molar-refractivity contribution in [3.63, 3.8) is 0 Å². The van der Waals surface area contributed by atoms with Crippen molar-refractivity contribution in [1.82, 2.24) is 0 Å². The molecule has 0 radical (unpaired) electrons. The Labute approximate surface area is 135 Å². The molecule has 1 amide bonds. The van der Waals surface area contributed by atoms with Crippen LogP contribution in [-0.4, -0.2) is 17.4 Å². The molecule has 0 saturated heterocycles. The molecular weight excluding hydrogens is 330 g/mol. The first-order chi connectivity index (χ1) is 10.8. The second-order valence-corrected chi connectivity index (χ2v) is 4.98. The number of halogens is 3. The van der Waals surface area contributed by atoms with E-state index < -0.39 is 28.2 Å². The van der Waals surface area contributed by atoms with Gasteiger partial charge < -0.3 is 4.90 Å². The highest BCUT2D eigenvalue weighted by atomic mass is 35.5. The van der Waals surface area contributed by atoms with Crippen molar-refractivity contribution in [2.24, 2.45) is 0 Å². The van der Waals surface area contributed by atoms with Gasteiger partial charge in [0.15, 0.2) is 11.6 Å². The molecular formula is C15H11ClF2N2O3. The van der Waals surface area contributed by atoms with Crippen molar-refractivity contribution in [2.75, 3.05) is 11.4 Å². The van der Waals surface area contributed by atoms with Crippen LogP contribution in [0.3, 0.4) is 0 Å². The van der Waals surface area contributed by atoms with Gasteiger partial charge >= 0.3 is 0 Å². The highest BCUT2D eigenvalue weighted by Crippen LogP contribution is 2.27. The molecule has 0 spiro atoms. The predicted molar refractivity (Wildman–Crippen MR) is 81.8 cm³/mol. The van der Waals surface area contributed by atoms with Crippen LogP contribution in [0.15, 0.2) is 36.4 Å². The van der Waals surface area contributed by atoms with Crippen molar-refractivity contribution in [3.05, 3.63) is 68.7 Å². The Morgan fingerprint density at radius 3 is 2.48 bits per heavy atom. The average Bonchev–Trinajstić information content (AvgIpc) is 2.51. The van der Waals surface area contributed by atoms with Crippen LogP contribution in [0.1, 0.15) is 17.3 Å². The van der Waals surface area contributed by atoms with E-state index in [4.69, 9.17) is 11.6 Å². The quantitative estimate of drug-likeness (QED) is 0.619. The van der Waals surface area contributed by atoms with Gasteiger partial charge in [-0.2, -0.15) is 0 Å². The highest BCUT2D eigenvalue weighted by Gasteiger charge is 2.21. The summed E-state index contributed by atoms with van der Waals surface area (Å²) >= 11 is 5.71. The lowest BCUT2D eigenvalue weighted by atomic mass is 10.1. The first kappa shape index (κ1) is 16.8. The van der Waals surface area contributed by atoms with E-state index in [1.54, 1.807) is 6.92 Å². The van der Waals surface area contributed by atoms with Gasteiger partial charge in [0.2, 0.25) is 0 Å². The van der Waals surface area contributed by atoms with Crippen molar-refractivity contribution in [1.29, 1.82) is 0 Å². The first-order valence-electron chi connectivity index (χ1n) is 6.56. The number of nitro groups is 1. The van der Waals surface area contributed by atoms with Gasteiger partial charge in [0.25, 0.3) is 11.6 Å². The summed E-state index contributed by atoms with van der Waals surface area (Å²) < 4.78 is 26.4. The normalized spacial score (nSPS) is 10.4. The lowest BCUT2D eigenvalue weighted by molar-refractivity contribution is -0.384. The van der Waals surface area contributed by atoms with Gasteiger partial charge in [-0.3, -0.25) is 14.9 Å². The summed E-state index contributed by atoms with van der Waals surface area (Å²) in [5.41, 5.74) is -0.236. The van der Waals surface area contributed by atoms with Crippen LogP contribution in [-0.2, 0) is 0 Å². The smallest absolute Gasteiger partial charge is 0.288 e. The molecule has 0 atom stereocenters. The molecule has 23 heavy (non-hydrogen) atoms. The van der Waals surface area contributed by atoms with E-state index in [9.17, 15) is 23.7 Å². The molecule has 0 bridgehead atoms. The zero-order valence-electron chi connectivity index (χ0n) is 11.9. The number of benzene rings is 2. The van der Waals surface area contributed by atoms with Crippen molar-refractivity contribution < 1.29 is 18.5 Å². The molecule has 0 saturated carbocycles. The van der Waals surface area contributed by atoms with Crippen LogP contribution < -0.4 is 4.90 Å². The molecule has 0 heterocycles. The summed E-state index contributed by atoms with van der Waals surface area (Å²) in [6.45, 7) is 1.81. The van der Waals surface area contributed by atoms with Crippen molar-refractivity contribution >= 4 is 28.9 Å². The highest BCUT2D eigenvalue weighted by molar-refractivity contribution is 6.32. The standard InChI is InChI=1S/C15H11ClF2N2O3/c1-2-19(10-4-6-12(17)13(18)8-10)15(21)9-3-5-11(16)14(7-9)20(22)23/h3-8H,2H2,1H3. The Morgan fingerprint density at radius 2 is 1.91 bits per heavy atom. The van der Waals surface area contributed by atoms with Crippen LogP contribution in [0, 0.1) is 21.7 Å². The third-order valence-corrected chi connectivity index (χ3v) is 3.49. The minimum Gasteiger partial charge on any atom is -0.309 e. The largest absolute Gasteiger partial charge is 0.309 e. The maximum atomic E-state index is 13.3. The fourth-order valence-electron chi connectivity index (χ4n) is 2.04. The Balaban J connectivity index is 2.42. The van der Waals surface area contributed by atoms with E-state index >= 15 is 0 Å². The summed E-state index contributed by atoms with van der Waals surface area (Å²) in [5.74, 6) is -2.70. The van der Waals surface area contributed by atoms with Crippen LogP contribution in [0.2, 0.25) is 5.02 Å². The molecule has 2 rings (SSSR count). The Bertz CT molecular complexity index is 783. The number of hydrogen-bond acceptors (Lipinski definition) is 3. The van der Waals surface area contributed by atoms with Gasteiger partial charge in [-0.05, 0) is 31.2 Å². The van der Waals surface area contributed by atoms with Gasteiger partial charge in [-0.15, -0.1) is 0 Å².